The Kier molecular flexibility index (Phi) is 2.24. The first kappa shape index (κ1) is 9.79. The van der Waals surface area contributed by atoms with E-state index in [-0.39, 0.29) is 12.5 Å². The van der Waals surface area contributed by atoms with Gasteiger partial charge in [0.1, 0.15) is 0 Å². The average Bonchev–Trinajstić information content (AvgIpc) is 2.52. The van der Waals surface area contributed by atoms with Crippen molar-refractivity contribution in [2.75, 3.05) is 17.2 Å². The first-order chi connectivity index (χ1) is 7.09. The predicted molar refractivity (Wildman–Crippen MR) is 56.7 cm³/mol. The van der Waals surface area contributed by atoms with Gasteiger partial charge in [0.15, 0.2) is 0 Å². The van der Waals surface area contributed by atoms with E-state index in [0.29, 0.717) is 16.4 Å². The predicted octanol–water partition coefficient (Wildman–Crippen LogP) is 0.978. The molecule has 78 valence electrons. The van der Waals surface area contributed by atoms with Gasteiger partial charge >= 0.3 is 6.03 Å². The molecule has 15 heavy (non-hydrogen) atoms. The Morgan fingerprint density at radius 1 is 1.40 bits per heavy atom. The minimum atomic E-state index is -0.444. The zero-order valence-corrected chi connectivity index (χ0v) is 8.41. The Labute approximate surface area is 90.8 Å². The monoisotopic (exact) mass is 225 g/mol. The van der Waals surface area contributed by atoms with Crippen molar-refractivity contribution >= 4 is 34.9 Å². The van der Waals surface area contributed by atoms with Gasteiger partial charge in [-0.05, 0) is 18.2 Å². The quantitative estimate of drug-likeness (QED) is 0.553. The first-order valence-electron chi connectivity index (χ1n) is 4.25. The van der Waals surface area contributed by atoms with E-state index in [1.54, 1.807) is 12.1 Å². The normalized spacial score (nSPS) is 15.7. The van der Waals surface area contributed by atoms with Gasteiger partial charge in [0.25, 0.3) is 5.91 Å². The second-order valence-electron chi connectivity index (χ2n) is 3.09. The van der Waals surface area contributed by atoms with E-state index in [2.05, 4.69) is 5.32 Å². The van der Waals surface area contributed by atoms with Crippen molar-refractivity contribution in [3.8, 4) is 0 Å². The van der Waals surface area contributed by atoms with Crippen LogP contribution in [-0.4, -0.2) is 18.5 Å². The number of hydrogen-bond donors (Lipinski definition) is 2. The lowest BCUT2D eigenvalue weighted by Gasteiger charge is -2.12. The van der Waals surface area contributed by atoms with Crippen LogP contribution < -0.4 is 16.0 Å². The number of amides is 3. The third-order valence-electron chi connectivity index (χ3n) is 2.09. The summed E-state index contributed by atoms with van der Waals surface area (Å²) in [6.45, 7) is 0.0147. The van der Waals surface area contributed by atoms with Gasteiger partial charge in [-0.25, -0.2) is 9.69 Å². The summed E-state index contributed by atoms with van der Waals surface area (Å²) in [5, 5.41) is 2.73. The van der Waals surface area contributed by atoms with Crippen LogP contribution in [0.3, 0.4) is 0 Å². The highest BCUT2D eigenvalue weighted by Gasteiger charge is 2.30. The molecule has 0 atom stereocenters. The molecule has 0 unspecified atom stereocenters. The van der Waals surface area contributed by atoms with Gasteiger partial charge in [0.05, 0.1) is 22.9 Å². The lowest BCUT2D eigenvalue weighted by molar-refractivity contribution is -0.115. The van der Waals surface area contributed by atoms with Crippen molar-refractivity contribution in [1.29, 1.82) is 0 Å². The molecule has 1 heterocycles. The molecule has 1 aliphatic heterocycles. The molecule has 6 heteroatoms. The largest absolute Gasteiger partial charge is 0.398 e. The van der Waals surface area contributed by atoms with E-state index in [1.165, 1.54) is 6.07 Å². The topological polar surface area (TPSA) is 75.4 Å². The Morgan fingerprint density at radius 3 is 2.67 bits per heavy atom. The van der Waals surface area contributed by atoms with Crippen LogP contribution in [0.5, 0.6) is 0 Å². The summed E-state index contributed by atoms with van der Waals surface area (Å²) >= 11 is 5.79. The van der Waals surface area contributed by atoms with Gasteiger partial charge in [-0.15, -0.1) is 0 Å². The van der Waals surface area contributed by atoms with Crippen molar-refractivity contribution in [3.05, 3.63) is 23.2 Å². The van der Waals surface area contributed by atoms with Crippen molar-refractivity contribution in [3.63, 3.8) is 0 Å². The number of nitrogen functional groups attached to an aromatic ring is 1. The molecule has 5 nitrogen and oxygen atoms in total. The Morgan fingerprint density at radius 2 is 2.13 bits per heavy atom. The smallest absolute Gasteiger partial charge is 0.329 e. The van der Waals surface area contributed by atoms with Crippen molar-refractivity contribution in [2.45, 2.75) is 0 Å². The molecule has 0 radical (unpaired) electrons. The zero-order chi connectivity index (χ0) is 11.0. The lowest BCUT2D eigenvalue weighted by Crippen LogP contribution is -2.30. The fraction of sp³-hybridized carbons (Fsp3) is 0.111. The third kappa shape index (κ3) is 1.61. The maximum absolute atomic E-state index is 11.3. The fourth-order valence-electron chi connectivity index (χ4n) is 1.34. The summed E-state index contributed by atoms with van der Waals surface area (Å²) in [4.78, 5) is 23.7. The highest BCUT2D eigenvalue weighted by molar-refractivity contribution is 6.33. The summed E-state index contributed by atoms with van der Waals surface area (Å²) in [6.07, 6.45) is 0. The van der Waals surface area contributed by atoms with Gasteiger partial charge in [0.2, 0.25) is 0 Å². The molecule has 1 saturated heterocycles. The zero-order valence-electron chi connectivity index (χ0n) is 7.66. The Balaban J connectivity index is 2.41. The molecule has 3 amide bonds. The van der Waals surface area contributed by atoms with Crippen LogP contribution in [0.15, 0.2) is 18.2 Å². The van der Waals surface area contributed by atoms with E-state index in [0.717, 1.165) is 4.90 Å². The number of carbonyl (C=O) groups excluding carboxylic acids is 2. The number of anilines is 2. The molecular formula is C9H8ClN3O2. The average molecular weight is 226 g/mol. The molecule has 3 N–H and O–H groups in total. The standard InChI is InChI=1S/C9H8ClN3O2/c10-6-3-5(1-2-7(6)11)13-8(14)4-12-9(13)15/h1-3H,4,11H2,(H,12,15). The molecule has 1 aromatic carbocycles. The number of halogens is 1. The third-order valence-corrected chi connectivity index (χ3v) is 2.41. The number of rotatable bonds is 1. The van der Waals surface area contributed by atoms with Crippen LogP contribution >= 0.6 is 11.6 Å². The minimum Gasteiger partial charge on any atom is -0.398 e. The van der Waals surface area contributed by atoms with Crippen molar-refractivity contribution in [2.24, 2.45) is 0 Å². The number of nitrogens with one attached hydrogen (secondary N) is 1. The van der Waals surface area contributed by atoms with Crippen LogP contribution in [0, 0.1) is 0 Å². The number of nitrogens with two attached hydrogens (primary N) is 1. The maximum Gasteiger partial charge on any atom is 0.329 e. The summed E-state index contributed by atoms with van der Waals surface area (Å²) in [5.41, 5.74) is 6.36. The van der Waals surface area contributed by atoms with Gasteiger partial charge in [-0.2, -0.15) is 0 Å². The number of nitrogens with zero attached hydrogens (tertiary/aromatic N) is 1. The van der Waals surface area contributed by atoms with Crippen LogP contribution in [0.2, 0.25) is 5.02 Å². The molecular weight excluding hydrogens is 218 g/mol. The van der Waals surface area contributed by atoms with Crippen LogP contribution in [0.25, 0.3) is 0 Å². The molecule has 1 aromatic rings. The van der Waals surface area contributed by atoms with E-state index in [9.17, 15) is 9.59 Å². The second kappa shape index (κ2) is 3.43. The lowest BCUT2D eigenvalue weighted by atomic mass is 10.2. The Bertz CT molecular complexity index is 431. The Hall–Kier alpha value is -1.75. The summed E-state index contributed by atoms with van der Waals surface area (Å²) in [6, 6.07) is 4.17. The molecule has 1 fully saturated rings. The molecule has 0 aromatic heterocycles. The maximum atomic E-state index is 11.3. The van der Waals surface area contributed by atoms with Crippen LogP contribution in [-0.2, 0) is 4.79 Å². The van der Waals surface area contributed by atoms with Crippen LogP contribution in [0.1, 0.15) is 0 Å². The van der Waals surface area contributed by atoms with Crippen LogP contribution in [0.4, 0.5) is 16.2 Å². The number of hydrogen-bond acceptors (Lipinski definition) is 3. The fourth-order valence-corrected chi connectivity index (χ4v) is 1.51. The van der Waals surface area contributed by atoms with Gasteiger partial charge in [-0.1, -0.05) is 11.6 Å². The van der Waals surface area contributed by atoms with Crippen molar-refractivity contribution < 1.29 is 9.59 Å². The molecule has 2 rings (SSSR count). The van der Waals surface area contributed by atoms with E-state index in [4.69, 9.17) is 17.3 Å². The molecule has 0 spiro atoms. The van der Waals surface area contributed by atoms with Gasteiger partial charge in [-0.3, -0.25) is 4.79 Å². The number of carbonyl (C=O) groups is 2. The van der Waals surface area contributed by atoms with Gasteiger partial charge in [0, 0.05) is 0 Å². The number of benzene rings is 1. The van der Waals surface area contributed by atoms with E-state index in [1.807, 2.05) is 0 Å². The highest BCUT2D eigenvalue weighted by Crippen LogP contribution is 2.26. The highest BCUT2D eigenvalue weighted by atomic mass is 35.5. The number of urea groups is 1. The summed E-state index contributed by atoms with van der Waals surface area (Å²) in [7, 11) is 0. The SMILES string of the molecule is Nc1ccc(N2C(=O)CNC2=O)cc1Cl. The number of imide groups is 1. The molecule has 1 aliphatic rings. The van der Waals surface area contributed by atoms with Crippen molar-refractivity contribution in [1.82, 2.24) is 5.32 Å². The first-order valence-corrected chi connectivity index (χ1v) is 4.63. The van der Waals surface area contributed by atoms with Gasteiger partial charge < -0.3 is 11.1 Å². The van der Waals surface area contributed by atoms with E-state index >= 15 is 0 Å². The molecule has 0 bridgehead atoms. The molecule has 0 saturated carbocycles. The van der Waals surface area contributed by atoms with E-state index < -0.39 is 6.03 Å². The second-order valence-corrected chi connectivity index (χ2v) is 3.50. The summed E-state index contributed by atoms with van der Waals surface area (Å²) in [5.74, 6) is -0.305. The molecule has 0 aliphatic carbocycles. The summed E-state index contributed by atoms with van der Waals surface area (Å²) < 4.78 is 0. The minimum absolute atomic E-state index is 0.0147.